The molecule has 0 aromatic carbocycles. The molecule has 8 nitrogen and oxygen atoms in total. The number of amides is 1. The fraction of sp³-hybridized carbons (Fsp3) is 0.412. The van der Waals surface area contributed by atoms with Crippen molar-refractivity contribution >= 4 is 39.1 Å². The topological polar surface area (TPSA) is 87.4 Å². The molecule has 1 aliphatic rings. The third kappa shape index (κ3) is 3.04. The van der Waals surface area contributed by atoms with E-state index in [9.17, 15) is 4.79 Å². The number of hydrogen-bond donors (Lipinski definition) is 1. The number of thiophene rings is 1. The van der Waals surface area contributed by atoms with Crippen LogP contribution in [0.2, 0.25) is 0 Å². The van der Waals surface area contributed by atoms with Gasteiger partial charge in [0.25, 0.3) is 5.91 Å². The minimum Gasteiger partial charge on any atom is -0.360 e. The van der Waals surface area contributed by atoms with Gasteiger partial charge in [-0.3, -0.25) is 4.79 Å². The predicted molar refractivity (Wildman–Crippen MR) is 101 cm³/mol. The van der Waals surface area contributed by atoms with Gasteiger partial charge in [-0.2, -0.15) is 0 Å². The lowest BCUT2D eigenvalue weighted by molar-refractivity contribution is 0.102. The van der Waals surface area contributed by atoms with Gasteiger partial charge >= 0.3 is 0 Å². The third-order valence-electron chi connectivity index (χ3n) is 4.59. The SMILES string of the molecule is Cc1cc(NC(=O)c2sc3ncnc(N4CCN(C)CC4)c3c2C)no1. The number of anilines is 2. The van der Waals surface area contributed by atoms with Crippen molar-refractivity contribution < 1.29 is 9.32 Å². The molecule has 3 aromatic heterocycles. The Morgan fingerprint density at radius 2 is 2.00 bits per heavy atom. The van der Waals surface area contributed by atoms with Gasteiger partial charge < -0.3 is 19.6 Å². The Kier molecular flexibility index (Phi) is 4.33. The maximum atomic E-state index is 12.7. The summed E-state index contributed by atoms with van der Waals surface area (Å²) in [6.45, 7) is 7.55. The van der Waals surface area contributed by atoms with Crippen LogP contribution >= 0.6 is 11.3 Å². The fourth-order valence-electron chi connectivity index (χ4n) is 3.13. The molecular formula is C17H20N6O2S. The van der Waals surface area contributed by atoms with Crippen molar-refractivity contribution in [3.63, 3.8) is 0 Å². The lowest BCUT2D eigenvalue weighted by Crippen LogP contribution is -2.44. The van der Waals surface area contributed by atoms with Crippen LogP contribution in [0, 0.1) is 13.8 Å². The number of fused-ring (bicyclic) bond motifs is 1. The Hall–Kier alpha value is -2.52. The molecule has 1 saturated heterocycles. The summed E-state index contributed by atoms with van der Waals surface area (Å²) in [6.07, 6.45) is 1.58. The second-order valence-corrected chi connectivity index (χ2v) is 7.50. The van der Waals surface area contributed by atoms with Gasteiger partial charge in [-0.1, -0.05) is 5.16 Å². The summed E-state index contributed by atoms with van der Waals surface area (Å²) in [5.41, 5.74) is 0.900. The molecule has 4 rings (SSSR count). The van der Waals surface area contributed by atoms with Crippen molar-refractivity contribution in [1.82, 2.24) is 20.0 Å². The van der Waals surface area contributed by atoms with Crippen molar-refractivity contribution in [2.75, 3.05) is 43.4 Å². The summed E-state index contributed by atoms with van der Waals surface area (Å²) in [4.78, 5) is 27.6. The zero-order valence-electron chi connectivity index (χ0n) is 14.9. The molecule has 0 aliphatic carbocycles. The minimum absolute atomic E-state index is 0.205. The zero-order valence-corrected chi connectivity index (χ0v) is 15.8. The van der Waals surface area contributed by atoms with Gasteiger partial charge in [-0.25, -0.2) is 9.97 Å². The van der Waals surface area contributed by atoms with Crippen LogP contribution in [0.1, 0.15) is 21.0 Å². The maximum absolute atomic E-state index is 12.7. The molecule has 0 atom stereocenters. The number of piperazine rings is 1. The quantitative estimate of drug-likeness (QED) is 0.755. The number of rotatable bonds is 3. The average Bonchev–Trinajstić information content (AvgIpc) is 3.19. The highest BCUT2D eigenvalue weighted by Crippen LogP contribution is 2.35. The monoisotopic (exact) mass is 372 g/mol. The number of carbonyl (C=O) groups excluding carboxylic acids is 1. The molecule has 1 fully saturated rings. The molecule has 1 N–H and O–H groups in total. The molecule has 1 amide bonds. The normalized spacial score (nSPS) is 15.6. The minimum atomic E-state index is -0.205. The van der Waals surface area contributed by atoms with Crippen LogP contribution < -0.4 is 10.2 Å². The second kappa shape index (κ2) is 6.65. The summed E-state index contributed by atoms with van der Waals surface area (Å²) < 4.78 is 5.00. The number of aromatic nitrogens is 3. The summed E-state index contributed by atoms with van der Waals surface area (Å²) in [5.74, 6) is 1.77. The highest BCUT2D eigenvalue weighted by atomic mass is 32.1. The van der Waals surface area contributed by atoms with Crippen molar-refractivity contribution in [2.45, 2.75) is 13.8 Å². The molecular weight excluding hydrogens is 352 g/mol. The molecule has 3 aromatic rings. The van der Waals surface area contributed by atoms with Crippen molar-refractivity contribution in [1.29, 1.82) is 0 Å². The van der Waals surface area contributed by atoms with Crippen LogP contribution in [0.25, 0.3) is 10.2 Å². The molecule has 0 unspecified atom stereocenters. The number of likely N-dealkylation sites (N-methyl/N-ethyl adjacent to an activating group) is 1. The summed E-state index contributed by atoms with van der Waals surface area (Å²) in [7, 11) is 2.12. The Bertz CT molecular complexity index is 957. The van der Waals surface area contributed by atoms with Gasteiger partial charge in [0.1, 0.15) is 22.7 Å². The molecule has 1 aliphatic heterocycles. The third-order valence-corrected chi connectivity index (χ3v) is 5.78. The Labute approximate surface area is 154 Å². The average molecular weight is 372 g/mol. The molecule has 136 valence electrons. The summed E-state index contributed by atoms with van der Waals surface area (Å²) in [5, 5.41) is 7.57. The van der Waals surface area contributed by atoms with Crippen LogP contribution in [0.5, 0.6) is 0 Å². The predicted octanol–water partition coefficient (Wildman–Crippen LogP) is 2.30. The van der Waals surface area contributed by atoms with E-state index in [0.29, 0.717) is 16.5 Å². The largest absolute Gasteiger partial charge is 0.360 e. The van der Waals surface area contributed by atoms with Crippen LogP contribution in [0.15, 0.2) is 16.9 Å². The van der Waals surface area contributed by atoms with Crippen LogP contribution in [0.4, 0.5) is 11.6 Å². The maximum Gasteiger partial charge on any atom is 0.267 e. The Balaban J connectivity index is 1.68. The van der Waals surface area contributed by atoms with Crippen molar-refractivity contribution in [3.8, 4) is 0 Å². The van der Waals surface area contributed by atoms with E-state index < -0.39 is 0 Å². The van der Waals surface area contributed by atoms with E-state index >= 15 is 0 Å². The highest BCUT2D eigenvalue weighted by Gasteiger charge is 2.24. The Morgan fingerprint density at radius 3 is 2.69 bits per heavy atom. The van der Waals surface area contributed by atoms with Gasteiger partial charge in [0.05, 0.1) is 10.3 Å². The Morgan fingerprint density at radius 1 is 1.23 bits per heavy atom. The van der Waals surface area contributed by atoms with Crippen LogP contribution in [0.3, 0.4) is 0 Å². The van der Waals surface area contributed by atoms with Crippen LogP contribution in [-0.4, -0.2) is 59.2 Å². The first-order valence-electron chi connectivity index (χ1n) is 8.45. The smallest absolute Gasteiger partial charge is 0.267 e. The fourth-order valence-corrected chi connectivity index (χ4v) is 4.16. The van der Waals surface area contributed by atoms with Crippen molar-refractivity contribution in [3.05, 3.63) is 28.6 Å². The first-order valence-corrected chi connectivity index (χ1v) is 9.27. The van der Waals surface area contributed by atoms with Crippen LogP contribution in [-0.2, 0) is 0 Å². The lowest BCUT2D eigenvalue weighted by Gasteiger charge is -2.33. The molecule has 0 saturated carbocycles. The molecule has 0 bridgehead atoms. The lowest BCUT2D eigenvalue weighted by atomic mass is 10.1. The van der Waals surface area contributed by atoms with E-state index in [0.717, 1.165) is 47.8 Å². The summed E-state index contributed by atoms with van der Waals surface area (Å²) in [6, 6.07) is 1.69. The van der Waals surface area contributed by atoms with Gasteiger partial charge in [-0.15, -0.1) is 11.3 Å². The van der Waals surface area contributed by atoms with E-state index in [1.54, 1.807) is 19.3 Å². The number of nitrogens with zero attached hydrogens (tertiary/aromatic N) is 5. The zero-order chi connectivity index (χ0) is 18.3. The highest BCUT2D eigenvalue weighted by molar-refractivity contribution is 7.20. The van der Waals surface area contributed by atoms with Crippen molar-refractivity contribution in [2.24, 2.45) is 0 Å². The summed E-state index contributed by atoms with van der Waals surface area (Å²) >= 11 is 1.38. The van der Waals surface area contributed by atoms with E-state index in [1.165, 1.54) is 11.3 Å². The molecule has 9 heteroatoms. The molecule has 4 heterocycles. The van der Waals surface area contributed by atoms with E-state index in [4.69, 9.17) is 4.52 Å². The number of carbonyl (C=O) groups is 1. The van der Waals surface area contributed by atoms with Gasteiger partial charge in [0.15, 0.2) is 5.82 Å². The first-order chi connectivity index (χ1) is 12.5. The van der Waals surface area contributed by atoms with Gasteiger partial charge in [0.2, 0.25) is 0 Å². The molecule has 26 heavy (non-hydrogen) atoms. The number of nitrogens with one attached hydrogen (secondary N) is 1. The van der Waals surface area contributed by atoms with E-state index in [1.807, 2.05) is 6.92 Å². The standard InChI is InChI=1S/C17H20N6O2S/c1-10-8-12(21-25-10)20-16(24)14-11(2)13-15(18-9-19-17(13)26-14)23-6-4-22(3)5-7-23/h8-9H,4-7H2,1-3H3,(H,20,21,24). The van der Waals surface area contributed by atoms with Gasteiger partial charge in [-0.05, 0) is 26.5 Å². The van der Waals surface area contributed by atoms with Gasteiger partial charge in [0, 0.05) is 32.2 Å². The molecule has 0 spiro atoms. The van der Waals surface area contributed by atoms with E-state index in [2.05, 4.69) is 37.3 Å². The number of hydrogen-bond acceptors (Lipinski definition) is 8. The van der Waals surface area contributed by atoms with E-state index in [-0.39, 0.29) is 5.91 Å². The first kappa shape index (κ1) is 16.9. The molecule has 0 radical (unpaired) electrons. The second-order valence-electron chi connectivity index (χ2n) is 6.50. The number of aryl methyl sites for hydroxylation is 2.